The van der Waals surface area contributed by atoms with Crippen LogP contribution in [0.4, 0.5) is 5.69 Å². The molecule has 1 unspecified atom stereocenters. The molecule has 3 heterocycles. The van der Waals surface area contributed by atoms with E-state index in [4.69, 9.17) is 17.3 Å². The van der Waals surface area contributed by atoms with E-state index < -0.39 is 11.8 Å². The highest BCUT2D eigenvalue weighted by atomic mass is 35.5. The van der Waals surface area contributed by atoms with Gasteiger partial charge in [-0.05, 0) is 26.3 Å². The van der Waals surface area contributed by atoms with E-state index in [0.29, 0.717) is 16.9 Å². The second kappa shape index (κ2) is 5.15. The van der Waals surface area contributed by atoms with Crippen molar-refractivity contribution in [2.75, 3.05) is 11.4 Å². The Morgan fingerprint density at radius 2 is 2.19 bits per heavy atom. The van der Waals surface area contributed by atoms with Gasteiger partial charge >= 0.3 is 0 Å². The standard InChI is InChI=1S/C15H17ClN4O/c1-8-3-4-20(8)12-7-19-14(9(2)15(17)21)10-5-13(16)18-6-11(10)12/h5-9H,3-4H2,1-2H3,(H2,17,21)/t8-,9?/m1/s1. The van der Waals surface area contributed by atoms with Gasteiger partial charge in [-0.25, -0.2) is 4.98 Å². The molecule has 1 amide bonds. The zero-order chi connectivity index (χ0) is 15.1. The van der Waals surface area contributed by atoms with Gasteiger partial charge in [0.1, 0.15) is 5.15 Å². The largest absolute Gasteiger partial charge is 0.369 e. The van der Waals surface area contributed by atoms with Crippen LogP contribution in [-0.4, -0.2) is 28.5 Å². The summed E-state index contributed by atoms with van der Waals surface area (Å²) in [4.78, 5) is 22.4. The number of hydrogen-bond acceptors (Lipinski definition) is 4. The molecule has 0 aromatic carbocycles. The lowest BCUT2D eigenvalue weighted by Gasteiger charge is -2.41. The van der Waals surface area contributed by atoms with Crippen LogP contribution in [0.5, 0.6) is 0 Å². The van der Waals surface area contributed by atoms with E-state index in [0.717, 1.165) is 23.0 Å². The average molecular weight is 305 g/mol. The van der Waals surface area contributed by atoms with Crippen molar-refractivity contribution in [2.24, 2.45) is 5.73 Å². The molecule has 1 aliphatic rings. The Morgan fingerprint density at radius 3 is 2.76 bits per heavy atom. The van der Waals surface area contributed by atoms with Crippen molar-refractivity contribution in [1.29, 1.82) is 0 Å². The number of hydrogen-bond donors (Lipinski definition) is 1. The van der Waals surface area contributed by atoms with Crippen LogP contribution < -0.4 is 10.6 Å². The second-order valence-electron chi connectivity index (χ2n) is 5.54. The number of pyridine rings is 2. The summed E-state index contributed by atoms with van der Waals surface area (Å²) in [6.07, 6.45) is 4.72. The number of primary amides is 1. The molecule has 0 saturated carbocycles. The Morgan fingerprint density at radius 1 is 1.43 bits per heavy atom. The topological polar surface area (TPSA) is 72.1 Å². The first kappa shape index (κ1) is 14.1. The van der Waals surface area contributed by atoms with Gasteiger partial charge in [-0.15, -0.1) is 0 Å². The molecule has 0 bridgehead atoms. The van der Waals surface area contributed by atoms with Crippen LogP contribution in [-0.2, 0) is 4.79 Å². The van der Waals surface area contributed by atoms with E-state index in [1.807, 2.05) is 6.20 Å². The third-order valence-electron chi connectivity index (χ3n) is 4.21. The summed E-state index contributed by atoms with van der Waals surface area (Å²) in [6.45, 7) is 4.94. The molecule has 3 rings (SSSR count). The number of rotatable bonds is 3. The third kappa shape index (κ3) is 2.31. The Balaban J connectivity index is 2.21. The van der Waals surface area contributed by atoms with Crippen molar-refractivity contribution in [2.45, 2.75) is 32.2 Å². The fourth-order valence-electron chi connectivity index (χ4n) is 2.70. The van der Waals surface area contributed by atoms with E-state index >= 15 is 0 Å². The highest BCUT2D eigenvalue weighted by Gasteiger charge is 2.27. The summed E-state index contributed by atoms with van der Waals surface area (Å²) in [7, 11) is 0. The maximum absolute atomic E-state index is 11.5. The van der Waals surface area contributed by atoms with Gasteiger partial charge in [0.05, 0.1) is 23.5 Å². The van der Waals surface area contributed by atoms with Gasteiger partial charge in [-0.2, -0.15) is 0 Å². The first-order chi connectivity index (χ1) is 9.99. The van der Waals surface area contributed by atoms with Gasteiger partial charge in [-0.3, -0.25) is 9.78 Å². The molecule has 1 saturated heterocycles. The zero-order valence-corrected chi connectivity index (χ0v) is 12.8. The number of nitrogens with zero attached hydrogens (tertiary/aromatic N) is 3. The van der Waals surface area contributed by atoms with E-state index in [-0.39, 0.29) is 0 Å². The van der Waals surface area contributed by atoms with Crippen molar-refractivity contribution in [3.63, 3.8) is 0 Å². The molecule has 0 spiro atoms. The van der Waals surface area contributed by atoms with Crippen molar-refractivity contribution >= 4 is 34.0 Å². The Bertz CT molecular complexity index is 718. The lowest BCUT2D eigenvalue weighted by Crippen LogP contribution is -2.45. The van der Waals surface area contributed by atoms with Crippen LogP contribution in [0.3, 0.4) is 0 Å². The van der Waals surface area contributed by atoms with Crippen LogP contribution in [0, 0.1) is 0 Å². The average Bonchev–Trinajstić information content (AvgIpc) is 2.44. The monoisotopic (exact) mass is 304 g/mol. The first-order valence-electron chi connectivity index (χ1n) is 6.99. The van der Waals surface area contributed by atoms with Gasteiger partial charge in [0, 0.05) is 29.6 Å². The predicted octanol–water partition coefficient (Wildman–Crippen LogP) is 2.47. The van der Waals surface area contributed by atoms with E-state index in [2.05, 4.69) is 21.8 Å². The molecule has 2 aromatic heterocycles. The molecule has 110 valence electrons. The lowest BCUT2D eigenvalue weighted by atomic mass is 9.98. The smallest absolute Gasteiger partial charge is 0.226 e. The van der Waals surface area contributed by atoms with Gasteiger partial charge in [-0.1, -0.05) is 11.6 Å². The summed E-state index contributed by atoms with van der Waals surface area (Å²) < 4.78 is 0. The fourth-order valence-corrected chi connectivity index (χ4v) is 2.86. The Labute approximate surface area is 128 Å². The van der Waals surface area contributed by atoms with Crippen molar-refractivity contribution in [3.05, 3.63) is 29.3 Å². The van der Waals surface area contributed by atoms with E-state index in [1.54, 1.807) is 19.2 Å². The lowest BCUT2D eigenvalue weighted by molar-refractivity contribution is -0.119. The number of carbonyl (C=O) groups is 1. The number of fused-ring (bicyclic) bond motifs is 1. The molecule has 2 atom stereocenters. The SMILES string of the molecule is CC(C(N)=O)c1ncc(N2CC[C@H]2C)c2cnc(Cl)cc12. The van der Waals surface area contributed by atoms with Crippen molar-refractivity contribution in [1.82, 2.24) is 9.97 Å². The molecular weight excluding hydrogens is 288 g/mol. The maximum Gasteiger partial charge on any atom is 0.226 e. The minimum Gasteiger partial charge on any atom is -0.369 e. The summed E-state index contributed by atoms with van der Waals surface area (Å²) in [5.41, 5.74) is 7.10. The van der Waals surface area contributed by atoms with Crippen molar-refractivity contribution in [3.8, 4) is 0 Å². The summed E-state index contributed by atoms with van der Waals surface area (Å²) >= 11 is 6.01. The molecule has 6 heteroatoms. The number of carbonyl (C=O) groups excluding carboxylic acids is 1. The summed E-state index contributed by atoms with van der Waals surface area (Å²) in [5, 5.41) is 2.19. The summed E-state index contributed by atoms with van der Waals surface area (Å²) in [5.74, 6) is -0.865. The molecule has 1 fully saturated rings. The zero-order valence-electron chi connectivity index (χ0n) is 12.0. The minimum absolute atomic E-state index is 0.385. The number of anilines is 1. The predicted molar refractivity (Wildman–Crippen MR) is 83.6 cm³/mol. The number of nitrogens with two attached hydrogens (primary N) is 1. The van der Waals surface area contributed by atoms with Gasteiger partial charge in [0.25, 0.3) is 0 Å². The summed E-state index contributed by atoms with van der Waals surface area (Å²) in [6, 6.07) is 2.25. The third-order valence-corrected chi connectivity index (χ3v) is 4.42. The molecule has 2 N–H and O–H groups in total. The highest BCUT2D eigenvalue weighted by molar-refractivity contribution is 6.30. The second-order valence-corrected chi connectivity index (χ2v) is 5.92. The highest BCUT2D eigenvalue weighted by Crippen LogP contribution is 2.35. The van der Waals surface area contributed by atoms with Gasteiger partial charge in [0.2, 0.25) is 5.91 Å². The van der Waals surface area contributed by atoms with Gasteiger partial charge < -0.3 is 10.6 Å². The van der Waals surface area contributed by atoms with Crippen LogP contribution in [0.25, 0.3) is 10.8 Å². The van der Waals surface area contributed by atoms with E-state index in [9.17, 15) is 4.79 Å². The first-order valence-corrected chi connectivity index (χ1v) is 7.37. The number of aromatic nitrogens is 2. The molecule has 0 radical (unpaired) electrons. The Hall–Kier alpha value is -1.88. The molecule has 1 aliphatic heterocycles. The number of halogens is 1. The normalized spacial score (nSPS) is 19.4. The van der Waals surface area contributed by atoms with Crippen LogP contribution >= 0.6 is 11.6 Å². The molecule has 5 nitrogen and oxygen atoms in total. The van der Waals surface area contributed by atoms with Crippen LogP contribution in [0.2, 0.25) is 5.15 Å². The van der Waals surface area contributed by atoms with Crippen molar-refractivity contribution < 1.29 is 4.79 Å². The van der Waals surface area contributed by atoms with E-state index in [1.165, 1.54) is 6.42 Å². The minimum atomic E-state index is -0.464. The Kier molecular flexibility index (Phi) is 3.45. The molecule has 0 aliphatic carbocycles. The molecule has 2 aromatic rings. The molecular formula is C15H17ClN4O. The number of amides is 1. The quantitative estimate of drug-likeness (QED) is 0.884. The van der Waals surface area contributed by atoms with Gasteiger partial charge in [0.15, 0.2) is 0 Å². The van der Waals surface area contributed by atoms with Crippen LogP contribution in [0.1, 0.15) is 31.9 Å². The fraction of sp³-hybridized carbons (Fsp3) is 0.400. The molecule has 21 heavy (non-hydrogen) atoms. The maximum atomic E-state index is 11.5. The van der Waals surface area contributed by atoms with Crippen LogP contribution in [0.15, 0.2) is 18.5 Å².